The molecule has 2 aliphatic heterocycles. The number of aromatic amines is 1. The summed E-state index contributed by atoms with van der Waals surface area (Å²) < 4.78 is 5.41. The predicted octanol–water partition coefficient (Wildman–Crippen LogP) is 2.05. The van der Waals surface area contributed by atoms with Crippen molar-refractivity contribution in [3.8, 4) is 0 Å². The quantitative estimate of drug-likeness (QED) is 0.595. The Morgan fingerprint density at radius 1 is 1.07 bits per heavy atom. The van der Waals surface area contributed by atoms with Gasteiger partial charge in [-0.1, -0.05) is 30.3 Å². The SMILES string of the molecule is c1ccc(CN2CCc3[nH]nc4nc(NCCCN5CCOCC5)nc2c34)cc1. The fourth-order valence-corrected chi connectivity index (χ4v) is 4.09. The molecule has 0 bridgehead atoms. The summed E-state index contributed by atoms with van der Waals surface area (Å²) in [5, 5.41) is 12.1. The lowest BCUT2D eigenvalue weighted by molar-refractivity contribution is 0.0378. The van der Waals surface area contributed by atoms with E-state index in [1.165, 1.54) is 5.56 Å². The first-order valence-electron chi connectivity index (χ1n) is 10.4. The highest BCUT2D eigenvalue weighted by atomic mass is 16.5. The van der Waals surface area contributed by atoms with E-state index in [9.17, 15) is 0 Å². The van der Waals surface area contributed by atoms with Crippen molar-refractivity contribution in [1.82, 2.24) is 25.1 Å². The molecule has 0 aliphatic carbocycles. The normalized spacial score (nSPS) is 17.0. The smallest absolute Gasteiger partial charge is 0.226 e. The number of hydrogen-bond donors (Lipinski definition) is 2. The molecule has 1 aromatic carbocycles. The average molecular weight is 393 g/mol. The number of H-pyrrole nitrogens is 1. The van der Waals surface area contributed by atoms with Crippen LogP contribution >= 0.6 is 0 Å². The summed E-state index contributed by atoms with van der Waals surface area (Å²) in [4.78, 5) is 14.3. The van der Waals surface area contributed by atoms with Crippen LogP contribution < -0.4 is 10.2 Å². The summed E-state index contributed by atoms with van der Waals surface area (Å²) >= 11 is 0. The van der Waals surface area contributed by atoms with Crippen molar-refractivity contribution in [2.24, 2.45) is 0 Å². The van der Waals surface area contributed by atoms with Crippen LogP contribution in [0.15, 0.2) is 30.3 Å². The van der Waals surface area contributed by atoms with Gasteiger partial charge in [0.2, 0.25) is 5.95 Å². The summed E-state index contributed by atoms with van der Waals surface area (Å²) in [5.74, 6) is 1.64. The number of nitrogens with one attached hydrogen (secondary N) is 2. The number of hydrogen-bond acceptors (Lipinski definition) is 7. The van der Waals surface area contributed by atoms with Gasteiger partial charge >= 0.3 is 0 Å². The van der Waals surface area contributed by atoms with Crippen molar-refractivity contribution in [2.45, 2.75) is 19.4 Å². The number of nitrogens with zero attached hydrogens (tertiary/aromatic N) is 5. The van der Waals surface area contributed by atoms with Gasteiger partial charge in [-0.05, 0) is 18.5 Å². The Bertz CT molecular complexity index is 952. The van der Waals surface area contributed by atoms with Crippen LogP contribution in [0.3, 0.4) is 0 Å². The predicted molar refractivity (Wildman–Crippen MR) is 113 cm³/mol. The third-order valence-electron chi connectivity index (χ3n) is 5.65. The second-order valence-corrected chi connectivity index (χ2v) is 7.66. The fourth-order valence-electron chi connectivity index (χ4n) is 4.09. The van der Waals surface area contributed by atoms with E-state index in [4.69, 9.17) is 9.72 Å². The number of benzene rings is 1. The van der Waals surface area contributed by atoms with Crippen molar-refractivity contribution >= 4 is 22.8 Å². The standard InChI is InChI=1S/C21H27N7O/c1-2-5-16(6-3-1)15-28-10-7-17-18-19(26-25-17)23-21(24-20(18)28)22-8-4-9-27-11-13-29-14-12-27/h1-3,5-6H,4,7-15H2,(H2,22,23,24,25,26). The number of anilines is 2. The first-order chi connectivity index (χ1) is 14.4. The monoisotopic (exact) mass is 393 g/mol. The van der Waals surface area contributed by atoms with Crippen LogP contribution in [-0.4, -0.2) is 71.0 Å². The lowest BCUT2D eigenvalue weighted by atomic mass is 10.1. The second kappa shape index (κ2) is 8.34. The van der Waals surface area contributed by atoms with Gasteiger partial charge in [0.25, 0.3) is 0 Å². The van der Waals surface area contributed by atoms with Crippen LogP contribution in [0.25, 0.3) is 11.0 Å². The summed E-state index contributed by atoms with van der Waals surface area (Å²) in [6.07, 6.45) is 1.99. The maximum Gasteiger partial charge on any atom is 0.226 e. The number of aromatic nitrogens is 4. The van der Waals surface area contributed by atoms with E-state index in [-0.39, 0.29) is 0 Å². The zero-order chi connectivity index (χ0) is 19.5. The molecular formula is C21H27N7O. The molecule has 8 heteroatoms. The van der Waals surface area contributed by atoms with E-state index in [1.807, 2.05) is 0 Å². The molecule has 5 rings (SSSR count). The van der Waals surface area contributed by atoms with Gasteiger partial charge in [-0.3, -0.25) is 10.00 Å². The summed E-state index contributed by atoms with van der Waals surface area (Å²) in [6.45, 7) is 7.41. The molecule has 3 aromatic rings. The average Bonchev–Trinajstić information content (AvgIpc) is 3.19. The summed E-state index contributed by atoms with van der Waals surface area (Å²) in [7, 11) is 0. The second-order valence-electron chi connectivity index (χ2n) is 7.66. The van der Waals surface area contributed by atoms with Crippen LogP contribution in [-0.2, 0) is 17.7 Å². The molecule has 0 unspecified atom stereocenters. The van der Waals surface area contributed by atoms with Gasteiger partial charge < -0.3 is 15.0 Å². The van der Waals surface area contributed by atoms with E-state index >= 15 is 0 Å². The Hall–Kier alpha value is -2.71. The Balaban J connectivity index is 1.29. The molecule has 0 amide bonds. The Morgan fingerprint density at radius 2 is 1.93 bits per heavy atom. The third kappa shape index (κ3) is 4.04. The fraction of sp³-hybridized carbons (Fsp3) is 0.476. The van der Waals surface area contributed by atoms with Gasteiger partial charge in [-0.15, -0.1) is 0 Å². The van der Waals surface area contributed by atoms with E-state index < -0.39 is 0 Å². The molecular weight excluding hydrogens is 366 g/mol. The van der Waals surface area contributed by atoms with Crippen molar-refractivity contribution in [1.29, 1.82) is 0 Å². The van der Waals surface area contributed by atoms with Gasteiger partial charge in [0.05, 0.1) is 24.3 Å². The van der Waals surface area contributed by atoms with Gasteiger partial charge in [0, 0.05) is 39.1 Å². The summed E-state index contributed by atoms with van der Waals surface area (Å²) in [6, 6.07) is 10.5. The minimum atomic E-state index is 0.660. The largest absolute Gasteiger partial charge is 0.379 e. The molecule has 0 saturated carbocycles. The molecule has 2 aliphatic rings. The lowest BCUT2D eigenvalue weighted by Gasteiger charge is -2.28. The highest BCUT2D eigenvalue weighted by Crippen LogP contribution is 2.32. The highest BCUT2D eigenvalue weighted by molar-refractivity contribution is 5.91. The minimum Gasteiger partial charge on any atom is -0.379 e. The van der Waals surface area contributed by atoms with Crippen LogP contribution in [0.1, 0.15) is 17.7 Å². The van der Waals surface area contributed by atoms with Crippen LogP contribution in [0.5, 0.6) is 0 Å². The third-order valence-corrected chi connectivity index (χ3v) is 5.65. The van der Waals surface area contributed by atoms with Crippen LogP contribution in [0.2, 0.25) is 0 Å². The molecule has 8 nitrogen and oxygen atoms in total. The van der Waals surface area contributed by atoms with Gasteiger partial charge in [-0.25, -0.2) is 0 Å². The molecule has 1 saturated heterocycles. The van der Waals surface area contributed by atoms with E-state index in [0.29, 0.717) is 5.95 Å². The van der Waals surface area contributed by atoms with Gasteiger partial charge in [-0.2, -0.15) is 15.1 Å². The van der Waals surface area contributed by atoms with Gasteiger partial charge in [0.1, 0.15) is 5.82 Å². The number of ether oxygens (including phenoxy) is 1. The molecule has 0 spiro atoms. The number of morpholine rings is 1. The first kappa shape index (κ1) is 18.3. The minimum absolute atomic E-state index is 0.660. The van der Waals surface area contributed by atoms with Crippen molar-refractivity contribution in [2.75, 3.05) is 56.2 Å². The molecule has 2 aromatic heterocycles. The topological polar surface area (TPSA) is 82.2 Å². The van der Waals surface area contributed by atoms with E-state index in [0.717, 1.165) is 87.9 Å². The van der Waals surface area contributed by atoms with Crippen molar-refractivity contribution in [3.63, 3.8) is 0 Å². The molecule has 0 radical (unpaired) electrons. The maximum absolute atomic E-state index is 5.41. The van der Waals surface area contributed by atoms with Crippen LogP contribution in [0, 0.1) is 0 Å². The van der Waals surface area contributed by atoms with E-state index in [2.05, 4.69) is 60.6 Å². The molecule has 152 valence electrons. The molecule has 29 heavy (non-hydrogen) atoms. The molecule has 0 atom stereocenters. The van der Waals surface area contributed by atoms with Crippen molar-refractivity contribution in [3.05, 3.63) is 41.6 Å². The zero-order valence-corrected chi connectivity index (χ0v) is 16.6. The maximum atomic E-state index is 5.41. The highest BCUT2D eigenvalue weighted by Gasteiger charge is 2.24. The summed E-state index contributed by atoms with van der Waals surface area (Å²) in [5.41, 5.74) is 3.17. The Morgan fingerprint density at radius 3 is 2.79 bits per heavy atom. The van der Waals surface area contributed by atoms with Gasteiger partial charge in [0.15, 0.2) is 5.65 Å². The van der Waals surface area contributed by atoms with E-state index in [1.54, 1.807) is 0 Å². The van der Waals surface area contributed by atoms with Crippen LogP contribution in [0.4, 0.5) is 11.8 Å². The van der Waals surface area contributed by atoms with Crippen molar-refractivity contribution < 1.29 is 4.74 Å². The lowest BCUT2D eigenvalue weighted by Crippen LogP contribution is -2.37. The molecule has 1 fully saturated rings. The Labute approximate surface area is 170 Å². The molecule has 2 N–H and O–H groups in total. The molecule has 4 heterocycles. The Kier molecular flexibility index (Phi) is 5.27. The number of rotatable bonds is 7. The zero-order valence-electron chi connectivity index (χ0n) is 16.6. The first-order valence-corrected chi connectivity index (χ1v) is 10.4.